The van der Waals surface area contributed by atoms with Gasteiger partial charge in [0.1, 0.15) is 0 Å². The molecule has 1 aromatic carbocycles. The number of aryl methyl sites for hydroxylation is 2. The van der Waals surface area contributed by atoms with E-state index in [4.69, 9.17) is 0 Å². The fraction of sp³-hybridized carbons (Fsp3) is 0.467. The lowest BCUT2D eigenvalue weighted by molar-refractivity contribution is 0.602. The maximum atomic E-state index is 3.20. The second kappa shape index (κ2) is 5.87. The van der Waals surface area contributed by atoms with Gasteiger partial charge in [0, 0.05) is 12.7 Å². The second-order valence-corrected chi connectivity index (χ2v) is 4.53. The normalized spacial score (nSPS) is 11.2. The van der Waals surface area contributed by atoms with Crippen LogP contribution in [0.4, 0.5) is 0 Å². The minimum Gasteiger partial charge on any atom is -0.347 e. The maximum Gasteiger partial charge on any atom is 0.0512 e. The van der Waals surface area contributed by atoms with Gasteiger partial charge in [-0.2, -0.15) is 0 Å². The number of nitrogens with zero attached hydrogens (tertiary/aromatic N) is 1. The highest BCUT2D eigenvalue weighted by atomic mass is 15.0. The molecule has 2 aromatic rings. The van der Waals surface area contributed by atoms with Crippen molar-refractivity contribution in [3.8, 4) is 0 Å². The monoisotopic (exact) mass is 230 g/mol. The molecule has 2 heteroatoms. The zero-order valence-electron chi connectivity index (χ0n) is 10.9. The minimum atomic E-state index is 1.11. The number of hydrogen-bond donors (Lipinski definition) is 1. The molecule has 0 aliphatic rings. The van der Waals surface area contributed by atoms with E-state index in [0.717, 1.165) is 19.5 Å². The third-order valence-electron chi connectivity index (χ3n) is 3.33. The van der Waals surface area contributed by atoms with E-state index in [9.17, 15) is 0 Å². The van der Waals surface area contributed by atoms with Crippen LogP contribution < -0.4 is 5.32 Å². The van der Waals surface area contributed by atoms with Crippen molar-refractivity contribution in [3.63, 3.8) is 0 Å². The van der Waals surface area contributed by atoms with E-state index in [2.05, 4.69) is 47.3 Å². The third kappa shape index (κ3) is 2.70. The fourth-order valence-electron chi connectivity index (χ4n) is 2.40. The van der Waals surface area contributed by atoms with Crippen molar-refractivity contribution >= 4 is 10.9 Å². The van der Waals surface area contributed by atoms with Crippen LogP contribution in [0.25, 0.3) is 10.9 Å². The standard InChI is InChI=1S/C15H22N2/c1-3-13-7-6-8-14-9-12-17(15(13)14)11-5-4-10-16-2/h6-9,12,16H,3-5,10-11H2,1-2H3. The number of hydrogen-bond acceptors (Lipinski definition) is 1. The van der Waals surface area contributed by atoms with E-state index < -0.39 is 0 Å². The molecule has 1 N–H and O–H groups in total. The highest BCUT2D eigenvalue weighted by Crippen LogP contribution is 2.21. The Balaban J connectivity index is 2.16. The Bertz CT molecular complexity index is 471. The van der Waals surface area contributed by atoms with Crippen LogP contribution in [0, 0.1) is 0 Å². The van der Waals surface area contributed by atoms with Gasteiger partial charge in [0.25, 0.3) is 0 Å². The summed E-state index contributed by atoms with van der Waals surface area (Å²) in [6.07, 6.45) is 5.81. The van der Waals surface area contributed by atoms with Crippen LogP contribution in [-0.4, -0.2) is 18.2 Å². The molecule has 0 radical (unpaired) electrons. The van der Waals surface area contributed by atoms with E-state index in [-0.39, 0.29) is 0 Å². The van der Waals surface area contributed by atoms with E-state index in [1.54, 1.807) is 0 Å². The molecule has 0 fully saturated rings. The van der Waals surface area contributed by atoms with Crippen LogP contribution in [0.3, 0.4) is 0 Å². The Morgan fingerprint density at radius 3 is 2.82 bits per heavy atom. The number of aromatic nitrogens is 1. The Morgan fingerprint density at radius 1 is 1.18 bits per heavy atom. The third-order valence-corrected chi connectivity index (χ3v) is 3.33. The van der Waals surface area contributed by atoms with Crippen LogP contribution >= 0.6 is 0 Å². The SMILES string of the molecule is CCc1cccc2ccn(CCCCNC)c12. The molecule has 1 heterocycles. The summed E-state index contributed by atoms with van der Waals surface area (Å²) in [7, 11) is 2.01. The van der Waals surface area contributed by atoms with Crippen molar-refractivity contribution in [2.24, 2.45) is 0 Å². The molecule has 0 spiro atoms. The Hall–Kier alpha value is -1.28. The zero-order valence-corrected chi connectivity index (χ0v) is 10.9. The summed E-state index contributed by atoms with van der Waals surface area (Å²) in [5.41, 5.74) is 2.89. The molecule has 0 saturated heterocycles. The number of unbranched alkanes of at least 4 members (excludes halogenated alkanes) is 1. The first-order valence-corrected chi connectivity index (χ1v) is 6.58. The Labute approximate surface area is 104 Å². The summed E-state index contributed by atoms with van der Waals surface area (Å²) in [6.45, 7) is 4.47. The molecule has 0 atom stereocenters. The van der Waals surface area contributed by atoms with Crippen molar-refractivity contribution in [1.29, 1.82) is 0 Å². The van der Waals surface area contributed by atoms with Gasteiger partial charge < -0.3 is 9.88 Å². The molecule has 0 amide bonds. The molecule has 0 saturated carbocycles. The summed E-state index contributed by atoms with van der Waals surface area (Å²) in [5, 5.41) is 4.57. The highest BCUT2D eigenvalue weighted by Gasteiger charge is 2.04. The minimum absolute atomic E-state index is 1.11. The van der Waals surface area contributed by atoms with Crippen molar-refractivity contribution in [1.82, 2.24) is 9.88 Å². The predicted molar refractivity (Wildman–Crippen MR) is 74.5 cm³/mol. The van der Waals surface area contributed by atoms with Crippen LogP contribution in [-0.2, 0) is 13.0 Å². The van der Waals surface area contributed by atoms with Gasteiger partial charge in [0.05, 0.1) is 5.52 Å². The molecule has 0 bridgehead atoms. The Kier molecular flexibility index (Phi) is 4.21. The van der Waals surface area contributed by atoms with Crippen molar-refractivity contribution in [2.45, 2.75) is 32.7 Å². The lowest BCUT2D eigenvalue weighted by Crippen LogP contribution is -2.08. The maximum absolute atomic E-state index is 3.20. The van der Waals surface area contributed by atoms with Gasteiger partial charge >= 0.3 is 0 Å². The largest absolute Gasteiger partial charge is 0.347 e. The van der Waals surface area contributed by atoms with Crippen LogP contribution in [0.5, 0.6) is 0 Å². The predicted octanol–water partition coefficient (Wildman–Crippen LogP) is 3.20. The van der Waals surface area contributed by atoms with Crippen molar-refractivity contribution in [3.05, 3.63) is 36.0 Å². The number of benzene rings is 1. The number of para-hydroxylation sites is 1. The highest BCUT2D eigenvalue weighted by molar-refractivity contribution is 5.83. The number of rotatable bonds is 6. The van der Waals surface area contributed by atoms with Gasteiger partial charge in [-0.3, -0.25) is 0 Å². The molecule has 17 heavy (non-hydrogen) atoms. The number of fused-ring (bicyclic) bond motifs is 1. The lowest BCUT2D eigenvalue weighted by atomic mass is 10.1. The van der Waals surface area contributed by atoms with E-state index >= 15 is 0 Å². The average molecular weight is 230 g/mol. The van der Waals surface area contributed by atoms with E-state index in [1.165, 1.54) is 29.3 Å². The van der Waals surface area contributed by atoms with Gasteiger partial charge in [-0.05, 0) is 49.9 Å². The van der Waals surface area contributed by atoms with Crippen molar-refractivity contribution < 1.29 is 0 Å². The van der Waals surface area contributed by atoms with Gasteiger partial charge in [-0.1, -0.05) is 25.1 Å². The topological polar surface area (TPSA) is 17.0 Å². The van der Waals surface area contributed by atoms with Crippen LogP contribution in [0.2, 0.25) is 0 Å². The summed E-state index contributed by atoms with van der Waals surface area (Å²) >= 11 is 0. The molecule has 2 rings (SSSR count). The molecule has 2 nitrogen and oxygen atoms in total. The lowest BCUT2D eigenvalue weighted by Gasteiger charge is -2.08. The van der Waals surface area contributed by atoms with Gasteiger partial charge in [0.2, 0.25) is 0 Å². The van der Waals surface area contributed by atoms with E-state index in [1.807, 2.05) is 7.05 Å². The first-order valence-electron chi connectivity index (χ1n) is 6.58. The fourth-order valence-corrected chi connectivity index (χ4v) is 2.40. The van der Waals surface area contributed by atoms with Gasteiger partial charge in [-0.25, -0.2) is 0 Å². The molecule has 0 unspecified atom stereocenters. The molecular weight excluding hydrogens is 208 g/mol. The van der Waals surface area contributed by atoms with Gasteiger partial charge in [-0.15, -0.1) is 0 Å². The van der Waals surface area contributed by atoms with Crippen LogP contribution in [0.1, 0.15) is 25.3 Å². The molecule has 0 aliphatic heterocycles. The molecule has 92 valence electrons. The summed E-state index contributed by atoms with van der Waals surface area (Å²) in [5.74, 6) is 0. The Morgan fingerprint density at radius 2 is 2.06 bits per heavy atom. The van der Waals surface area contributed by atoms with Gasteiger partial charge in [0.15, 0.2) is 0 Å². The molecular formula is C15H22N2. The second-order valence-electron chi connectivity index (χ2n) is 4.53. The first kappa shape index (κ1) is 12.2. The average Bonchev–Trinajstić information content (AvgIpc) is 2.78. The van der Waals surface area contributed by atoms with E-state index in [0.29, 0.717) is 0 Å². The molecule has 1 aromatic heterocycles. The first-order chi connectivity index (χ1) is 8.36. The summed E-state index contributed by atoms with van der Waals surface area (Å²) < 4.78 is 2.41. The molecule has 0 aliphatic carbocycles. The number of nitrogens with one attached hydrogen (secondary N) is 1. The summed E-state index contributed by atoms with van der Waals surface area (Å²) in [4.78, 5) is 0. The van der Waals surface area contributed by atoms with Crippen LogP contribution in [0.15, 0.2) is 30.5 Å². The zero-order chi connectivity index (χ0) is 12.1. The quantitative estimate of drug-likeness (QED) is 0.754. The summed E-state index contributed by atoms with van der Waals surface area (Å²) in [6, 6.07) is 8.84. The van der Waals surface area contributed by atoms with Crippen molar-refractivity contribution in [2.75, 3.05) is 13.6 Å². The smallest absolute Gasteiger partial charge is 0.0512 e.